The van der Waals surface area contributed by atoms with E-state index in [9.17, 15) is 0 Å². The van der Waals surface area contributed by atoms with Gasteiger partial charge < -0.3 is 15.0 Å². The van der Waals surface area contributed by atoms with Crippen LogP contribution in [0.1, 0.15) is 23.0 Å². The van der Waals surface area contributed by atoms with Gasteiger partial charge in [0.1, 0.15) is 11.6 Å². The van der Waals surface area contributed by atoms with E-state index in [-0.39, 0.29) is 0 Å². The molecule has 0 radical (unpaired) electrons. The first-order valence-electron chi connectivity index (χ1n) is 6.61. The van der Waals surface area contributed by atoms with Gasteiger partial charge in [0.2, 0.25) is 0 Å². The smallest absolute Gasteiger partial charge is 0.121 e. The van der Waals surface area contributed by atoms with Gasteiger partial charge in [0, 0.05) is 30.3 Å². The predicted octanol–water partition coefficient (Wildman–Crippen LogP) is 2.39. The average molecular weight is 257 g/mol. The summed E-state index contributed by atoms with van der Waals surface area (Å²) in [6.07, 6.45) is 0. The Labute approximate surface area is 113 Å². The molecule has 0 aliphatic carbocycles. The first-order valence-corrected chi connectivity index (χ1v) is 6.61. The van der Waals surface area contributed by atoms with Crippen LogP contribution in [0, 0.1) is 13.8 Å². The van der Waals surface area contributed by atoms with Gasteiger partial charge in [0.25, 0.3) is 0 Å². The second-order valence-corrected chi connectivity index (χ2v) is 5.14. The molecule has 0 bridgehead atoms. The number of hydrogen-bond acceptors (Lipinski definition) is 3. The molecule has 0 spiro atoms. The van der Waals surface area contributed by atoms with E-state index in [0.717, 1.165) is 47.2 Å². The molecule has 3 rings (SSSR count). The summed E-state index contributed by atoms with van der Waals surface area (Å²) in [4.78, 5) is 8.17. The van der Waals surface area contributed by atoms with Crippen LogP contribution in [-0.4, -0.2) is 30.2 Å². The lowest BCUT2D eigenvalue weighted by Gasteiger charge is -2.24. The van der Waals surface area contributed by atoms with Crippen molar-refractivity contribution in [2.24, 2.45) is 0 Å². The molecule has 1 saturated heterocycles. The normalized spacial score (nSPS) is 15.3. The van der Waals surface area contributed by atoms with Gasteiger partial charge in [-0.1, -0.05) is 0 Å². The van der Waals surface area contributed by atoms with Gasteiger partial charge in [0.15, 0.2) is 0 Å². The molecule has 1 aromatic carbocycles. The lowest BCUT2D eigenvalue weighted by molar-refractivity contribution is 0.412. The Hall–Kier alpha value is -1.81. The molecule has 0 atom stereocenters. The fourth-order valence-corrected chi connectivity index (χ4v) is 2.47. The third-order valence-electron chi connectivity index (χ3n) is 3.74. The van der Waals surface area contributed by atoms with Crippen LogP contribution >= 0.6 is 0 Å². The van der Waals surface area contributed by atoms with E-state index in [1.165, 1.54) is 0 Å². The Kier molecular flexibility index (Phi) is 3.03. The number of H-pyrrole nitrogens is 1. The third-order valence-corrected chi connectivity index (χ3v) is 3.74. The minimum atomic E-state index is 0.534. The van der Waals surface area contributed by atoms with Gasteiger partial charge in [0.05, 0.1) is 12.8 Å². The number of imidazole rings is 1. The molecular weight excluding hydrogens is 238 g/mol. The zero-order chi connectivity index (χ0) is 13.4. The van der Waals surface area contributed by atoms with Crippen LogP contribution < -0.4 is 10.1 Å². The number of aromatic amines is 1. The summed E-state index contributed by atoms with van der Waals surface area (Å²) < 4.78 is 5.30. The summed E-state index contributed by atoms with van der Waals surface area (Å²) in [7, 11) is 1.70. The lowest BCUT2D eigenvalue weighted by atomic mass is 10.0. The van der Waals surface area contributed by atoms with E-state index < -0.39 is 0 Å². The van der Waals surface area contributed by atoms with Crippen LogP contribution in [0.3, 0.4) is 0 Å². The van der Waals surface area contributed by atoms with Crippen molar-refractivity contribution < 1.29 is 4.74 Å². The van der Waals surface area contributed by atoms with E-state index in [4.69, 9.17) is 9.72 Å². The van der Waals surface area contributed by atoms with Crippen molar-refractivity contribution in [1.82, 2.24) is 15.3 Å². The molecule has 1 aliphatic rings. The third kappa shape index (κ3) is 2.12. The van der Waals surface area contributed by atoms with Gasteiger partial charge in [-0.2, -0.15) is 0 Å². The highest BCUT2D eigenvalue weighted by Gasteiger charge is 2.23. The fraction of sp³-hybridized carbons (Fsp3) is 0.400. The Balaban J connectivity index is 1.97. The Morgan fingerprint density at radius 1 is 1.26 bits per heavy atom. The number of rotatable bonds is 3. The molecule has 100 valence electrons. The van der Waals surface area contributed by atoms with E-state index in [1.54, 1.807) is 7.11 Å². The summed E-state index contributed by atoms with van der Waals surface area (Å²) in [5, 5.41) is 3.28. The van der Waals surface area contributed by atoms with Crippen LogP contribution in [0.4, 0.5) is 0 Å². The zero-order valence-corrected chi connectivity index (χ0v) is 11.6. The number of aromatic nitrogens is 2. The number of nitrogens with one attached hydrogen (secondary N) is 2. The molecule has 4 heteroatoms. The number of methoxy groups -OCH3 is 1. The maximum Gasteiger partial charge on any atom is 0.121 e. The van der Waals surface area contributed by atoms with E-state index in [1.807, 2.05) is 6.07 Å². The standard InChI is InChI=1S/C15H19N3O/c1-9-6-11(4-5-13(9)19-3)14-10(2)17-15(18-14)12-7-16-8-12/h4-6,12,16H,7-8H2,1-3H3,(H,17,18). The molecular formula is C15H19N3O. The number of hydrogen-bond donors (Lipinski definition) is 2. The molecule has 0 saturated carbocycles. The highest BCUT2D eigenvalue weighted by Crippen LogP contribution is 2.29. The number of benzene rings is 1. The topological polar surface area (TPSA) is 49.9 Å². The van der Waals surface area contributed by atoms with Gasteiger partial charge in [-0.3, -0.25) is 0 Å². The van der Waals surface area contributed by atoms with Gasteiger partial charge in [-0.15, -0.1) is 0 Å². The van der Waals surface area contributed by atoms with Crippen molar-refractivity contribution in [3.8, 4) is 17.0 Å². The molecule has 1 fully saturated rings. The molecule has 1 aliphatic heterocycles. The van der Waals surface area contributed by atoms with Crippen molar-refractivity contribution in [3.05, 3.63) is 35.3 Å². The minimum Gasteiger partial charge on any atom is -0.496 e. The SMILES string of the molecule is COc1ccc(-c2nc(C3CNC3)[nH]c2C)cc1C. The second-order valence-electron chi connectivity index (χ2n) is 5.14. The van der Waals surface area contributed by atoms with Crippen molar-refractivity contribution in [1.29, 1.82) is 0 Å². The highest BCUT2D eigenvalue weighted by atomic mass is 16.5. The van der Waals surface area contributed by atoms with Crippen LogP contribution in [0.25, 0.3) is 11.3 Å². The first kappa shape index (κ1) is 12.2. The van der Waals surface area contributed by atoms with Crippen molar-refractivity contribution in [2.45, 2.75) is 19.8 Å². The van der Waals surface area contributed by atoms with Crippen LogP contribution in [-0.2, 0) is 0 Å². The average Bonchev–Trinajstić information content (AvgIpc) is 2.68. The van der Waals surface area contributed by atoms with Crippen molar-refractivity contribution in [2.75, 3.05) is 20.2 Å². The largest absolute Gasteiger partial charge is 0.496 e. The Morgan fingerprint density at radius 3 is 2.63 bits per heavy atom. The van der Waals surface area contributed by atoms with E-state index in [2.05, 4.69) is 36.3 Å². The van der Waals surface area contributed by atoms with E-state index >= 15 is 0 Å². The summed E-state index contributed by atoms with van der Waals surface area (Å²) in [6.45, 7) is 6.18. The highest BCUT2D eigenvalue weighted by molar-refractivity contribution is 5.64. The molecule has 2 N–H and O–H groups in total. The maximum atomic E-state index is 5.30. The van der Waals surface area contributed by atoms with E-state index in [0.29, 0.717) is 5.92 Å². The monoisotopic (exact) mass is 257 g/mol. The molecule has 2 heterocycles. The quantitative estimate of drug-likeness (QED) is 0.887. The van der Waals surface area contributed by atoms with Crippen molar-refractivity contribution in [3.63, 3.8) is 0 Å². The molecule has 1 aromatic heterocycles. The summed E-state index contributed by atoms with van der Waals surface area (Å²) >= 11 is 0. The fourth-order valence-electron chi connectivity index (χ4n) is 2.47. The molecule has 0 amide bonds. The minimum absolute atomic E-state index is 0.534. The van der Waals surface area contributed by atoms with Crippen LogP contribution in [0.2, 0.25) is 0 Å². The molecule has 4 nitrogen and oxygen atoms in total. The van der Waals surface area contributed by atoms with Crippen LogP contribution in [0.15, 0.2) is 18.2 Å². The van der Waals surface area contributed by atoms with Gasteiger partial charge in [-0.05, 0) is 37.6 Å². The summed E-state index contributed by atoms with van der Waals surface area (Å²) in [5.74, 6) is 2.55. The molecule has 19 heavy (non-hydrogen) atoms. The zero-order valence-electron chi connectivity index (χ0n) is 11.6. The van der Waals surface area contributed by atoms with Gasteiger partial charge >= 0.3 is 0 Å². The summed E-state index contributed by atoms with van der Waals surface area (Å²) in [6, 6.07) is 6.20. The summed E-state index contributed by atoms with van der Waals surface area (Å²) in [5.41, 5.74) is 4.46. The Bertz CT molecular complexity index is 599. The predicted molar refractivity (Wildman–Crippen MR) is 75.7 cm³/mol. The van der Waals surface area contributed by atoms with Crippen LogP contribution in [0.5, 0.6) is 5.75 Å². The number of ether oxygens (including phenoxy) is 1. The number of aryl methyl sites for hydroxylation is 2. The van der Waals surface area contributed by atoms with Gasteiger partial charge in [-0.25, -0.2) is 4.98 Å². The van der Waals surface area contributed by atoms with Crippen molar-refractivity contribution >= 4 is 0 Å². The first-order chi connectivity index (χ1) is 9.19. The number of nitrogens with zero attached hydrogens (tertiary/aromatic N) is 1. The Morgan fingerprint density at radius 2 is 2.05 bits per heavy atom. The maximum absolute atomic E-state index is 5.30. The molecule has 0 unspecified atom stereocenters. The lowest BCUT2D eigenvalue weighted by Crippen LogP contribution is -2.40. The second kappa shape index (κ2) is 4.70. The molecule has 2 aromatic rings.